The van der Waals surface area contributed by atoms with Crippen LogP contribution in [0, 0.1) is 0 Å². The molecule has 1 aromatic rings. The topological polar surface area (TPSA) is 3.24 Å². The molecule has 0 saturated heterocycles. The largest absolute Gasteiger partial charge is 0.306 e. The lowest BCUT2D eigenvalue weighted by Gasteiger charge is -2.06. The standard InChI is InChI=1S/C11H13Br2N/c1-14(2)8-7-11(13)9-3-5-10(12)6-4-9/h3-7H,8H2,1-2H3. The van der Waals surface area contributed by atoms with Gasteiger partial charge in [-0.15, -0.1) is 0 Å². The summed E-state index contributed by atoms with van der Waals surface area (Å²) >= 11 is 6.97. The van der Waals surface area contributed by atoms with Gasteiger partial charge < -0.3 is 4.90 Å². The number of halogens is 2. The highest BCUT2D eigenvalue weighted by molar-refractivity contribution is 9.15. The average molecular weight is 319 g/mol. The van der Waals surface area contributed by atoms with Gasteiger partial charge in [-0.1, -0.05) is 50.1 Å². The van der Waals surface area contributed by atoms with Gasteiger partial charge in [0.2, 0.25) is 0 Å². The SMILES string of the molecule is CN(C)CC=C(Br)c1ccc(Br)cc1. The predicted octanol–water partition coefficient (Wildman–Crippen LogP) is 3.75. The Morgan fingerprint density at radius 3 is 2.36 bits per heavy atom. The lowest BCUT2D eigenvalue weighted by Crippen LogP contribution is -2.10. The molecule has 0 N–H and O–H groups in total. The lowest BCUT2D eigenvalue weighted by molar-refractivity contribution is 0.457. The minimum absolute atomic E-state index is 0.941. The number of hydrogen-bond acceptors (Lipinski definition) is 1. The molecule has 1 aromatic carbocycles. The van der Waals surface area contributed by atoms with Crippen molar-refractivity contribution in [3.05, 3.63) is 40.4 Å². The van der Waals surface area contributed by atoms with E-state index in [1.165, 1.54) is 5.56 Å². The normalized spacial score (nSPS) is 12.2. The average Bonchev–Trinajstić information content (AvgIpc) is 2.15. The summed E-state index contributed by atoms with van der Waals surface area (Å²) in [6, 6.07) is 8.25. The van der Waals surface area contributed by atoms with Crippen molar-refractivity contribution in [3.63, 3.8) is 0 Å². The number of likely N-dealkylation sites (N-methyl/N-ethyl adjacent to an activating group) is 1. The fourth-order valence-electron chi connectivity index (χ4n) is 0.990. The lowest BCUT2D eigenvalue weighted by atomic mass is 10.2. The van der Waals surface area contributed by atoms with Gasteiger partial charge in [0.25, 0.3) is 0 Å². The fourth-order valence-corrected chi connectivity index (χ4v) is 1.66. The van der Waals surface area contributed by atoms with Crippen molar-refractivity contribution in [2.75, 3.05) is 20.6 Å². The van der Waals surface area contributed by atoms with E-state index >= 15 is 0 Å². The molecule has 0 spiro atoms. The maximum atomic E-state index is 3.56. The predicted molar refractivity (Wildman–Crippen MR) is 69.6 cm³/mol. The van der Waals surface area contributed by atoms with Crippen LogP contribution in [0.4, 0.5) is 0 Å². The Bertz CT molecular complexity index is 315. The summed E-state index contributed by atoms with van der Waals surface area (Å²) in [5, 5.41) is 0. The van der Waals surface area contributed by atoms with Gasteiger partial charge in [0.1, 0.15) is 0 Å². The highest BCUT2D eigenvalue weighted by Crippen LogP contribution is 2.22. The van der Waals surface area contributed by atoms with Crippen LogP contribution >= 0.6 is 31.9 Å². The van der Waals surface area contributed by atoms with Crippen molar-refractivity contribution in [3.8, 4) is 0 Å². The second-order valence-electron chi connectivity index (χ2n) is 3.32. The van der Waals surface area contributed by atoms with E-state index in [4.69, 9.17) is 0 Å². The van der Waals surface area contributed by atoms with E-state index in [1.54, 1.807) is 0 Å². The van der Waals surface area contributed by atoms with Crippen molar-refractivity contribution < 1.29 is 0 Å². The van der Waals surface area contributed by atoms with Crippen LogP contribution in [0.5, 0.6) is 0 Å². The summed E-state index contributed by atoms with van der Waals surface area (Å²) in [7, 11) is 4.11. The molecular formula is C11H13Br2N. The summed E-state index contributed by atoms with van der Waals surface area (Å²) in [5.41, 5.74) is 1.20. The van der Waals surface area contributed by atoms with Crippen LogP contribution in [0.1, 0.15) is 5.56 Å². The number of hydrogen-bond donors (Lipinski definition) is 0. The van der Waals surface area contributed by atoms with Crippen molar-refractivity contribution >= 4 is 36.3 Å². The molecule has 14 heavy (non-hydrogen) atoms. The summed E-state index contributed by atoms with van der Waals surface area (Å²) in [5.74, 6) is 0. The Balaban J connectivity index is 2.73. The Morgan fingerprint density at radius 2 is 1.86 bits per heavy atom. The molecular weight excluding hydrogens is 306 g/mol. The first kappa shape index (κ1) is 12.0. The monoisotopic (exact) mass is 317 g/mol. The third kappa shape index (κ3) is 3.95. The van der Waals surface area contributed by atoms with E-state index in [9.17, 15) is 0 Å². The molecule has 0 atom stereocenters. The Labute approximate surface area is 102 Å². The third-order valence-corrected chi connectivity index (χ3v) is 3.07. The van der Waals surface area contributed by atoms with E-state index < -0.39 is 0 Å². The molecule has 0 aliphatic carbocycles. The fraction of sp³-hybridized carbons (Fsp3) is 0.273. The Kier molecular flexibility index (Phi) is 4.85. The maximum absolute atomic E-state index is 3.56. The van der Waals surface area contributed by atoms with E-state index in [-0.39, 0.29) is 0 Å². The zero-order chi connectivity index (χ0) is 10.6. The summed E-state index contributed by atoms with van der Waals surface area (Å²) in [6.45, 7) is 0.941. The van der Waals surface area contributed by atoms with Crippen LogP contribution in [0.2, 0.25) is 0 Å². The molecule has 0 saturated carbocycles. The molecule has 76 valence electrons. The number of nitrogens with zero attached hydrogens (tertiary/aromatic N) is 1. The molecule has 1 rings (SSSR count). The maximum Gasteiger partial charge on any atom is 0.0220 e. The first-order valence-corrected chi connectivity index (χ1v) is 5.94. The van der Waals surface area contributed by atoms with Crippen molar-refractivity contribution in [1.82, 2.24) is 4.90 Å². The Hall–Kier alpha value is -0.120. The smallest absolute Gasteiger partial charge is 0.0220 e. The molecule has 0 radical (unpaired) electrons. The minimum atomic E-state index is 0.941. The van der Waals surface area contributed by atoms with Gasteiger partial charge in [0.05, 0.1) is 0 Å². The van der Waals surface area contributed by atoms with Gasteiger partial charge >= 0.3 is 0 Å². The van der Waals surface area contributed by atoms with Gasteiger partial charge in [0.15, 0.2) is 0 Å². The Morgan fingerprint density at radius 1 is 1.29 bits per heavy atom. The molecule has 0 aliphatic heterocycles. The van der Waals surface area contributed by atoms with E-state index in [2.05, 4.69) is 69.1 Å². The molecule has 1 nitrogen and oxygen atoms in total. The van der Waals surface area contributed by atoms with Crippen LogP contribution in [0.15, 0.2) is 34.8 Å². The highest BCUT2D eigenvalue weighted by atomic mass is 79.9. The third-order valence-electron chi connectivity index (χ3n) is 1.76. The molecule has 0 heterocycles. The first-order chi connectivity index (χ1) is 6.59. The minimum Gasteiger partial charge on any atom is -0.306 e. The summed E-state index contributed by atoms with van der Waals surface area (Å²) < 4.78 is 2.24. The van der Waals surface area contributed by atoms with Gasteiger partial charge in [0, 0.05) is 15.5 Å². The molecule has 0 bridgehead atoms. The number of benzene rings is 1. The quantitative estimate of drug-likeness (QED) is 0.820. The molecule has 0 unspecified atom stereocenters. The zero-order valence-corrected chi connectivity index (χ0v) is 11.5. The molecule has 3 heteroatoms. The van der Waals surface area contributed by atoms with Crippen molar-refractivity contribution in [2.24, 2.45) is 0 Å². The highest BCUT2D eigenvalue weighted by Gasteiger charge is 1.96. The summed E-state index contributed by atoms with van der Waals surface area (Å²) in [4.78, 5) is 2.13. The van der Waals surface area contributed by atoms with Crippen LogP contribution < -0.4 is 0 Å². The van der Waals surface area contributed by atoms with Crippen LogP contribution in [0.3, 0.4) is 0 Å². The molecule has 0 aromatic heterocycles. The van der Waals surface area contributed by atoms with Gasteiger partial charge in [-0.05, 0) is 31.8 Å². The number of rotatable bonds is 3. The van der Waals surface area contributed by atoms with E-state index in [0.717, 1.165) is 15.5 Å². The first-order valence-electron chi connectivity index (χ1n) is 4.36. The molecule has 0 amide bonds. The van der Waals surface area contributed by atoms with Crippen LogP contribution in [0.25, 0.3) is 4.48 Å². The van der Waals surface area contributed by atoms with Crippen LogP contribution in [-0.4, -0.2) is 25.5 Å². The second kappa shape index (κ2) is 5.69. The van der Waals surface area contributed by atoms with Crippen molar-refractivity contribution in [2.45, 2.75) is 0 Å². The second-order valence-corrected chi connectivity index (χ2v) is 5.09. The molecule has 0 aliphatic rings. The summed E-state index contributed by atoms with van der Waals surface area (Å²) in [6.07, 6.45) is 2.16. The van der Waals surface area contributed by atoms with Gasteiger partial charge in [-0.25, -0.2) is 0 Å². The van der Waals surface area contributed by atoms with E-state index in [1.807, 2.05) is 12.1 Å². The zero-order valence-electron chi connectivity index (χ0n) is 8.30. The van der Waals surface area contributed by atoms with Crippen molar-refractivity contribution in [1.29, 1.82) is 0 Å². The van der Waals surface area contributed by atoms with Crippen LogP contribution in [-0.2, 0) is 0 Å². The van der Waals surface area contributed by atoms with E-state index in [0.29, 0.717) is 0 Å². The van der Waals surface area contributed by atoms with Gasteiger partial charge in [-0.3, -0.25) is 0 Å². The molecule has 0 fully saturated rings. The van der Waals surface area contributed by atoms with Gasteiger partial charge in [-0.2, -0.15) is 0 Å².